The molecule has 0 fully saturated rings. The molecule has 4 N–H and O–H groups in total. The monoisotopic (exact) mass is 206 g/mol. The Morgan fingerprint density at radius 3 is 2.67 bits per heavy atom. The molecule has 0 unspecified atom stereocenters. The van der Waals surface area contributed by atoms with Gasteiger partial charge in [-0.05, 0) is 36.9 Å². The first kappa shape index (κ1) is 11.9. The summed E-state index contributed by atoms with van der Waals surface area (Å²) in [5, 5.41) is 2.07. The number of thiophene rings is 1. The third-order valence-corrected chi connectivity index (χ3v) is 2.87. The van der Waals surface area contributed by atoms with Crippen molar-refractivity contribution in [2.75, 3.05) is 6.54 Å². The highest BCUT2D eigenvalue weighted by molar-refractivity contribution is 7.10. The summed E-state index contributed by atoms with van der Waals surface area (Å²) in [7, 11) is 0. The van der Waals surface area contributed by atoms with Gasteiger partial charge in [-0.3, -0.25) is 0 Å². The Kier molecular flexibility index (Phi) is 5.50. The summed E-state index contributed by atoms with van der Waals surface area (Å²) in [4.78, 5) is 1.27. The Labute approximate surface area is 83.4 Å². The fourth-order valence-electron chi connectivity index (χ4n) is 1.07. The van der Waals surface area contributed by atoms with Gasteiger partial charge in [0.15, 0.2) is 0 Å². The number of halogens is 1. The molecule has 0 aliphatic rings. The lowest BCUT2D eigenvalue weighted by atomic mass is 10.1. The van der Waals surface area contributed by atoms with Crippen molar-refractivity contribution in [2.24, 2.45) is 11.5 Å². The molecule has 0 saturated heterocycles. The average molecular weight is 207 g/mol. The second-order valence-corrected chi connectivity index (χ2v) is 3.60. The van der Waals surface area contributed by atoms with Crippen molar-refractivity contribution in [3.8, 4) is 0 Å². The predicted molar refractivity (Wildman–Crippen MR) is 56.9 cm³/mol. The molecule has 4 heteroatoms. The van der Waals surface area contributed by atoms with E-state index in [1.165, 1.54) is 10.4 Å². The topological polar surface area (TPSA) is 52.0 Å². The molecule has 0 aliphatic carbocycles. The maximum atomic E-state index is 5.88. The van der Waals surface area contributed by atoms with Gasteiger partial charge < -0.3 is 11.5 Å². The Bertz CT molecular complexity index is 225. The first-order valence-corrected chi connectivity index (χ1v) is 4.63. The predicted octanol–water partition coefficient (Wildman–Crippen LogP) is 1.83. The summed E-state index contributed by atoms with van der Waals surface area (Å²) in [6.07, 6.45) is 0.876. The van der Waals surface area contributed by atoms with E-state index in [0.717, 1.165) is 6.42 Å². The number of rotatable bonds is 3. The summed E-state index contributed by atoms with van der Waals surface area (Å²) < 4.78 is 0. The maximum absolute atomic E-state index is 5.88. The van der Waals surface area contributed by atoms with Gasteiger partial charge in [-0.2, -0.15) is 0 Å². The Morgan fingerprint density at radius 1 is 1.58 bits per heavy atom. The van der Waals surface area contributed by atoms with Crippen LogP contribution in [-0.4, -0.2) is 6.54 Å². The number of hydrogen-bond acceptors (Lipinski definition) is 3. The zero-order valence-electron chi connectivity index (χ0n) is 7.12. The molecule has 0 spiro atoms. The molecule has 0 aliphatic heterocycles. The van der Waals surface area contributed by atoms with E-state index in [1.807, 2.05) is 0 Å². The van der Waals surface area contributed by atoms with Crippen molar-refractivity contribution in [1.82, 2.24) is 0 Å². The van der Waals surface area contributed by atoms with Gasteiger partial charge in [-0.25, -0.2) is 0 Å². The van der Waals surface area contributed by atoms with Crippen LogP contribution in [0, 0.1) is 6.92 Å². The first-order valence-electron chi connectivity index (χ1n) is 3.75. The molecular formula is C8H15ClN2S. The van der Waals surface area contributed by atoms with Gasteiger partial charge in [0.25, 0.3) is 0 Å². The highest BCUT2D eigenvalue weighted by Crippen LogP contribution is 2.23. The van der Waals surface area contributed by atoms with E-state index in [0.29, 0.717) is 6.54 Å². The number of aryl methyl sites for hydroxylation is 1. The molecule has 1 aromatic rings. The van der Waals surface area contributed by atoms with Gasteiger partial charge in [-0.15, -0.1) is 23.7 Å². The van der Waals surface area contributed by atoms with Crippen LogP contribution in [0.4, 0.5) is 0 Å². The van der Waals surface area contributed by atoms with Crippen LogP contribution in [0.3, 0.4) is 0 Å². The molecule has 1 rings (SSSR count). The Balaban J connectivity index is 0.00000121. The molecule has 1 atom stereocenters. The zero-order valence-corrected chi connectivity index (χ0v) is 8.75. The maximum Gasteiger partial charge on any atom is 0.0404 e. The lowest BCUT2D eigenvalue weighted by Gasteiger charge is -2.08. The van der Waals surface area contributed by atoms with Crippen molar-refractivity contribution in [1.29, 1.82) is 0 Å². The highest BCUT2D eigenvalue weighted by atomic mass is 35.5. The van der Waals surface area contributed by atoms with Crippen molar-refractivity contribution in [3.05, 3.63) is 21.9 Å². The summed E-state index contributed by atoms with van der Waals surface area (Å²) in [6, 6.07) is 2.23. The standard InChI is InChI=1S/C8H14N2S.ClH/c1-6-3-5-11-8(6)7(10)2-4-9;/h3,5,7H,2,4,9-10H2,1H3;1H/t7-;/m0./s1. The fourth-order valence-corrected chi connectivity index (χ4v) is 2.04. The zero-order chi connectivity index (χ0) is 8.27. The minimum Gasteiger partial charge on any atom is -0.330 e. The lowest BCUT2D eigenvalue weighted by Crippen LogP contribution is -2.14. The molecule has 70 valence electrons. The SMILES string of the molecule is Cc1ccsc1[C@@H](N)CCN.Cl. The van der Waals surface area contributed by atoms with E-state index in [2.05, 4.69) is 18.4 Å². The third kappa shape index (κ3) is 2.75. The molecule has 1 aromatic heterocycles. The van der Waals surface area contributed by atoms with Crippen LogP contribution >= 0.6 is 23.7 Å². The second-order valence-electron chi connectivity index (χ2n) is 2.65. The smallest absolute Gasteiger partial charge is 0.0404 e. The molecule has 12 heavy (non-hydrogen) atoms. The molecular weight excluding hydrogens is 192 g/mol. The van der Waals surface area contributed by atoms with E-state index in [-0.39, 0.29) is 18.4 Å². The van der Waals surface area contributed by atoms with Gasteiger partial charge in [0, 0.05) is 10.9 Å². The summed E-state index contributed by atoms with van der Waals surface area (Å²) in [6.45, 7) is 2.75. The highest BCUT2D eigenvalue weighted by Gasteiger charge is 2.08. The van der Waals surface area contributed by atoms with Crippen LogP contribution in [0.1, 0.15) is 22.9 Å². The second kappa shape index (κ2) is 5.54. The molecule has 0 amide bonds. The lowest BCUT2D eigenvalue weighted by molar-refractivity contribution is 0.669. The quantitative estimate of drug-likeness (QED) is 0.793. The van der Waals surface area contributed by atoms with Gasteiger partial charge in [0.1, 0.15) is 0 Å². The van der Waals surface area contributed by atoms with Crippen molar-refractivity contribution in [2.45, 2.75) is 19.4 Å². The van der Waals surface area contributed by atoms with Crippen LogP contribution in [0.5, 0.6) is 0 Å². The first-order chi connectivity index (χ1) is 5.25. The molecule has 0 bridgehead atoms. The Hall–Kier alpha value is -0.0900. The molecule has 0 radical (unpaired) electrons. The summed E-state index contributed by atoms with van der Waals surface area (Å²) in [5.74, 6) is 0. The van der Waals surface area contributed by atoms with Gasteiger partial charge in [0.2, 0.25) is 0 Å². The van der Waals surface area contributed by atoms with E-state index >= 15 is 0 Å². The largest absolute Gasteiger partial charge is 0.330 e. The number of hydrogen-bond donors (Lipinski definition) is 2. The minimum absolute atomic E-state index is 0. The average Bonchev–Trinajstić information content (AvgIpc) is 2.36. The minimum atomic E-state index is 0. The van der Waals surface area contributed by atoms with Gasteiger partial charge in [0.05, 0.1) is 0 Å². The Morgan fingerprint density at radius 2 is 2.25 bits per heavy atom. The van der Waals surface area contributed by atoms with E-state index in [1.54, 1.807) is 11.3 Å². The molecule has 0 saturated carbocycles. The summed E-state index contributed by atoms with van der Waals surface area (Å²) in [5.41, 5.74) is 12.6. The van der Waals surface area contributed by atoms with Gasteiger partial charge >= 0.3 is 0 Å². The van der Waals surface area contributed by atoms with Crippen LogP contribution in [0.25, 0.3) is 0 Å². The molecule has 0 aromatic carbocycles. The fraction of sp³-hybridized carbons (Fsp3) is 0.500. The van der Waals surface area contributed by atoms with Crippen LogP contribution in [0.15, 0.2) is 11.4 Å². The summed E-state index contributed by atoms with van der Waals surface area (Å²) >= 11 is 1.72. The van der Waals surface area contributed by atoms with Gasteiger partial charge in [-0.1, -0.05) is 0 Å². The van der Waals surface area contributed by atoms with E-state index in [9.17, 15) is 0 Å². The third-order valence-electron chi connectivity index (χ3n) is 1.72. The van der Waals surface area contributed by atoms with Crippen molar-refractivity contribution < 1.29 is 0 Å². The normalized spacial score (nSPS) is 12.2. The van der Waals surface area contributed by atoms with Crippen molar-refractivity contribution >= 4 is 23.7 Å². The van der Waals surface area contributed by atoms with Crippen LogP contribution < -0.4 is 11.5 Å². The number of nitrogens with two attached hydrogens (primary N) is 2. The van der Waals surface area contributed by atoms with E-state index < -0.39 is 0 Å². The van der Waals surface area contributed by atoms with E-state index in [4.69, 9.17) is 11.5 Å². The molecule has 1 heterocycles. The molecule has 2 nitrogen and oxygen atoms in total. The van der Waals surface area contributed by atoms with Crippen molar-refractivity contribution in [3.63, 3.8) is 0 Å². The van der Waals surface area contributed by atoms with Crippen LogP contribution in [-0.2, 0) is 0 Å². The van der Waals surface area contributed by atoms with Crippen LogP contribution in [0.2, 0.25) is 0 Å².